The lowest BCUT2D eigenvalue weighted by atomic mass is 10.1. The number of para-hydroxylation sites is 1. The van der Waals surface area contributed by atoms with Gasteiger partial charge >= 0.3 is 0 Å². The molecule has 2 aromatic heterocycles. The van der Waals surface area contributed by atoms with Gasteiger partial charge in [0.1, 0.15) is 0 Å². The van der Waals surface area contributed by atoms with Crippen LogP contribution in [-0.4, -0.2) is 74.6 Å². The van der Waals surface area contributed by atoms with E-state index in [1.54, 1.807) is 29.5 Å². The fourth-order valence-electron chi connectivity index (χ4n) is 4.64. The summed E-state index contributed by atoms with van der Waals surface area (Å²) < 4.78 is 12.8. The number of rotatable bonds is 6. The van der Waals surface area contributed by atoms with Gasteiger partial charge in [0.15, 0.2) is 22.5 Å². The molecule has 2 aliphatic rings. The lowest BCUT2D eigenvalue weighted by Crippen LogP contribution is -2.55. The van der Waals surface area contributed by atoms with E-state index in [1.165, 1.54) is 11.8 Å². The number of ether oxygens (including phenoxy) is 2. The van der Waals surface area contributed by atoms with E-state index < -0.39 is 0 Å². The number of thiophene rings is 1. The zero-order valence-corrected chi connectivity index (χ0v) is 22.3. The molecule has 6 rings (SSSR count). The molecule has 4 aromatic rings. The summed E-state index contributed by atoms with van der Waals surface area (Å²) in [6.07, 6.45) is 0. The Morgan fingerprint density at radius 1 is 1.03 bits per heavy atom. The molecule has 0 saturated carbocycles. The molecule has 38 heavy (non-hydrogen) atoms. The third-order valence-electron chi connectivity index (χ3n) is 6.57. The highest BCUT2D eigenvalue weighted by atomic mass is 32.2. The highest BCUT2D eigenvalue weighted by molar-refractivity contribution is 7.99. The molecule has 2 aliphatic heterocycles. The zero-order chi connectivity index (χ0) is 26.1. The van der Waals surface area contributed by atoms with Crippen molar-refractivity contribution in [2.24, 2.45) is 0 Å². The Kier molecular flexibility index (Phi) is 6.77. The lowest BCUT2D eigenvalue weighted by molar-refractivity contribution is -0.130. The molecular weight excluding hydrogens is 522 g/mol. The first-order valence-corrected chi connectivity index (χ1v) is 14.1. The average Bonchev–Trinajstić information content (AvgIpc) is 3.72. The van der Waals surface area contributed by atoms with Crippen molar-refractivity contribution in [3.05, 3.63) is 71.6 Å². The predicted molar refractivity (Wildman–Crippen MR) is 145 cm³/mol. The number of piperazine rings is 1. The van der Waals surface area contributed by atoms with Gasteiger partial charge in [0.05, 0.1) is 10.6 Å². The average molecular weight is 548 g/mol. The molecule has 2 aromatic carbocycles. The quantitative estimate of drug-likeness (QED) is 0.335. The van der Waals surface area contributed by atoms with Crippen molar-refractivity contribution in [3.63, 3.8) is 0 Å². The monoisotopic (exact) mass is 547 g/mol. The van der Waals surface area contributed by atoms with Crippen molar-refractivity contribution >= 4 is 34.9 Å². The maximum atomic E-state index is 13.2. The molecule has 0 bridgehead atoms. The molecular formula is C27H25N5O4S2. The van der Waals surface area contributed by atoms with Gasteiger partial charge in [-0.1, -0.05) is 36.0 Å². The van der Waals surface area contributed by atoms with E-state index >= 15 is 0 Å². The minimum absolute atomic E-state index is 0.0114. The maximum Gasteiger partial charge on any atom is 0.254 e. The summed E-state index contributed by atoms with van der Waals surface area (Å²) in [5.74, 6) is 2.16. The molecule has 1 saturated heterocycles. The first-order chi connectivity index (χ1) is 18.6. The Labute approximate surface area is 228 Å². The van der Waals surface area contributed by atoms with E-state index in [2.05, 4.69) is 10.2 Å². The summed E-state index contributed by atoms with van der Waals surface area (Å²) >= 11 is 2.97. The third-order valence-corrected chi connectivity index (χ3v) is 8.35. The molecule has 0 aliphatic carbocycles. The summed E-state index contributed by atoms with van der Waals surface area (Å²) in [6.45, 7) is 3.55. The first kappa shape index (κ1) is 24.5. The van der Waals surface area contributed by atoms with Crippen molar-refractivity contribution in [2.45, 2.75) is 18.1 Å². The normalized spacial score (nSPS) is 16.6. The van der Waals surface area contributed by atoms with Crippen LogP contribution in [0, 0.1) is 0 Å². The molecule has 1 unspecified atom stereocenters. The number of hydrogen-bond donors (Lipinski definition) is 0. The number of amides is 2. The topological polar surface area (TPSA) is 89.8 Å². The minimum Gasteiger partial charge on any atom is -0.454 e. The van der Waals surface area contributed by atoms with Crippen LogP contribution in [0.25, 0.3) is 16.4 Å². The Bertz CT molecular complexity index is 1460. The van der Waals surface area contributed by atoms with E-state index in [0.29, 0.717) is 41.9 Å². The second-order valence-corrected chi connectivity index (χ2v) is 10.9. The van der Waals surface area contributed by atoms with Crippen LogP contribution in [0.5, 0.6) is 11.5 Å². The van der Waals surface area contributed by atoms with Crippen molar-refractivity contribution in [1.29, 1.82) is 0 Å². The van der Waals surface area contributed by atoms with Crippen LogP contribution in [0.2, 0.25) is 0 Å². The van der Waals surface area contributed by atoms with Crippen LogP contribution in [0.3, 0.4) is 0 Å². The molecule has 0 radical (unpaired) electrons. The van der Waals surface area contributed by atoms with Gasteiger partial charge in [0.2, 0.25) is 12.7 Å². The van der Waals surface area contributed by atoms with Gasteiger partial charge in [-0.2, -0.15) is 0 Å². The van der Waals surface area contributed by atoms with Gasteiger partial charge in [0.25, 0.3) is 5.91 Å². The van der Waals surface area contributed by atoms with Gasteiger partial charge < -0.3 is 19.3 Å². The number of thioether (sulfide) groups is 1. The van der Waals surface area contributed by atoms with Gasteiger partial charge in [-0.15, -0.1) is 21.5 Å². The minimum atomic E-state index is -0.117. The van der Waals surface area contributed by atoms with Gasteiger partial charge in [-0.25, -0.2) is 0 Å². The molecule has 1 atom stereocenters. The number of benzene rings is 2. The van der Waals surface area contributed by atoms with Crippen LogP contribution in [0.15, 0.2) is 71.2 Å². The van der Waals surface area contributed by atoms with E-state index in [0.717, 1.165) is 16.4 Å². The van der Waals surface area contributed by atoms with E-state index in [1.807, 2.05) is 69.1 Å². The lowest BCUT2D eigenvalue weighted by Gasteiger charge is -2.40. The summed E-state index contributed by atoms with van der Waals surface area (Å²) in [5, 5.41) is 11.5. The molecule has 0 N–H and O–H groups in total. The van der Waals surface area contributed by atoms with Gasteiger partial charge in [0, 0.05) is 36.9 Å². The highest BCUT2D eigenvalue weighted by Crippen LogP contribution is 2.33. The first-order valence-electron chi connectivity index (χ1n) is 12.2. The van der Waals surface area contributed by atoms with Crippen molar-refractivity contribution in [3.8, 4) is 27.9 Å². The number of fused-ring (bicyclic) bond motifs is 1. The number of hydrogen-bond acceptors (Lipinski definition) is 8. The number of nitrogens with zero attached hydrogens (tertiary/aromatic N) is 5. The predicted octanol–water partition coefficient (Wildman–Crippen LogP) is 4.19. The van der Waals surface area contributed by atoms with Crippen molar-refractivity contribution in [1.82, 2.24) is 24.6 Å². The Balaban J connectivity index is 1.12. The van der Waals surface area contributed by atoms with Crippen LogP contribution in [-0.2, 0) is 4.79 Å². The molecule has 4 heterocycles. The van der Waals surface area contributed by atoms with E-state index in [-0.39, 0.29) is 30.4 Å². The van der Waals surface area contributed by atoms with Crippen molar-refractivity contribution in [2.75, 3.05) is 32.2 Å². The SMILES string of the molecule is CC1CN(C(=O)CSc2nnc(-c3cccs3)n2-c2ccccc2)CCN1C(=O)c1ccc2c(c1)OCO2. The van der Waals surface area contributed by atoms with E-state index in [9.17, 15) is 9.59 Å². The second kappa shape index (κ2) is 10.5. The third kappa shape index (κ3) is 4.74. The summed E-state index contributed by atoms with van der Waals surface area (Å²) in [4.78, 5) is 31.0. The Morgan fingerprint density at radius 2 is 1.87 bits per heavy atom. The largest absolute Gasteiger partial charge is 0.454 e. The molecule has 9 nitrogen and oxygen atoms in total. The number of carbonyl (C=O) groups excluding carboxylic acids is 2. The van der Waals surface area contributed by atoms with Gasteiger partial charge in [-0.05, 0) is 48.7 Å². The van der Waals surface area contributed by atoms with Crippen molar-refractivity contribution < 1.29 is 19.1 Å². The molecule has 2 amide bonds. The molecule has 194 valence electrons. The standard InChI is InChI=1S/C27H25N5O4S2/c1-18-15-30(11-12-31(18)26(34)19-9-10-21-22(14-19)36-17-35-21)24(33)16-38-27-29-28-25(23-8-5-13-37-23)32(27)20-6-3-2-4-7-20/h2-10,13-14,18H,11-12,15-17H2,1H3. The number of carbonyl (C=O) groups is 2. The Hall–Kier alpha value is -3.83. The van der Waals surface area contributed by atoms with Gasteiger partial charge in [-0.3, -0.25) is 14.2 Å². The molecule has 0 spiro atoms. The summed E-state index contributed by atoms with van der Waals surface area (Å²) in [7, 11) is 0. The zero-order valence-electron chi connectivity index (χ0n) is 20.6. The fraction of sp³-hybridized carbons (Fsp3) is 0.259. The van der Waals surface area contributed by atoms with Crippen LogP contribution < -0.4 is 9.47 Å². The van der Waals surface area contributed by atoms with Crippen LogP contribution in [0.4, 0.5) is 0 Å². The van der Waals surface area contributed by atoms with E-state index in [4.69, 9.17) is 9.47 Å². The highest BCUT2D eigenvalue weighted by Gasteiger charge is 2.31. The van der Waals surface area contributed by atoms with Crippen LogP contribution in [0.1, 0.15) is 17.3 Å². The summed E-state index contributed by atoms with van der Waals surface area (Å²) in [5.41, 5.74) is 1.50. The summed E-state index contributed by atoms with van der Waals surface area (Å²) in [6, 6.07) is 19.0. The molecule has 1 fully saturated rings. The molecule has 11 heteroatoms. The smallest absolute Gasteiger partial charge is 0.254 e. The maximum absolute atomic E-state index is 13.2. The fourth-order valence-corrected chi connectivity index (χ4v) is 6.19. The second-order valence-electron chi connectivity index (χ2n) is 9.00. The number of aromatic nitrogens is 3. The van der Waals surface area contributed by atoms with Crippen LogP contribution >= 0.6 is 23.1 Å². The Morgan fingerprint density at radius 3 is 2.66 bits per heavy atom.